The number of benzene rings is 3. The number of rotatable bonds is 5. The fourth-order valence-electron chi connectivity index (χ4n) is 4.36. The van der Waals surface area contributed by atoms with Gasteiger partial charge < -0.3 is 19.0 Å². The number of fused-ring (bicyclic) bond motifs is 2. The number of aldehydes is 1. The zero-order chi connectivity index (χ0) is 19.7. The number of carbonyl (C=O) groups is 1. The molecule has 1 aliphatic heterocycles. The van der Waals surface area contributed by atoms with Crippen molar-refractivity contribution in [3.8, 4) is 23.0 Å². The summed E-state index contributed by atoms with van der Waals surface area (Å²) in [6, 6.07) is 21.4. The standard InChI is InChI=1S/C24H22O4/c1-16(15-25)24(17-9-5-4-6-10-17)22-18(26-2)11-7-13-20(22)28-21-14-8-12-19(27-3)23(21)24/h4-16H,1-3H3. The Balaban J connectivity index is 2.23. The predicted molar refractivity (Wildman–Crippen MR) is 108 cm³/mol. The second-order valence-electron chi connectivity index (χ2n) is 6.87. The Bertz CT molecular complexity index is 957. The highest BCUT2D eigenvalue weighted by Gasteiger charge is 2.51. The maximum Gasteiger partial charge on any atom is 0.135 e. The van der Waals surface area contributed by atoms with E-state index in [4.69, 9.17) is 14.2 Å². The number of methoxy groups -OCH3 is 2. The van der Waals surface area contributed by atoms with E-state index < -0.39 is 11.3 Å². The molecule has 0 saturated heterocycles. The summed E-state index contributed by atoms with van der Waals surface area (Å²) in [5.41, 5.74) is 1.83. The van der Waals surface area contributed by atoms with Crippen LogP contribution >= 0.6 is 0 Å². The molecule has 4 heteroatoms. The van der Waals surface area contributed by atoms with Gasteiger partial charge >= 0.3 is 0 Å². The minimum absolute atomic E-state index is 0.399. The zero-order valence-electron chi connectivity index (χ0n) is 16.1. The summed E-state index contributed by atoms with van der Waals surface area (Å²) in [4.78, 5) is 12.3. The van der Waals surface area contributed by atoms with E-state index in [2.05, 4.69) is 0 Å². The Morgan fingerprint density at radius 3 is 1.82 bits per heavy atom. The average Bonchev–Trinajstić information content (AvgIpc) is 2.76. The summed E-state index contributed by atoms with van der Waals surface area (Å²) < 4.78 is 17.7. The van der Waals surface area contributed by atoms with Crippen LogP contribution < -0.4 is 14.2 Å². The lowest BCUT2D eigenvalue weighted by Gasteiger charge is -2.44. The molecular formula is C24H22O4. The molecule has 0 fully saturated rings. The maximum absolute atomic E-state index is 12.3. The van der Waals surface area contributed by atoms with Gasteiger partial charge in [0.1, 0.15) is 29.3 Å². The largest absolute Gasteiger partial charge is 0.496 e. The highest BCUT2D eigenvalue weighted by Crippen LogP contribution is 2.60. The third-order valence-electron chi connectivity index (χ3n) is 5.54. The summed E-state index contributed by atoms with van der Waals surface area (Å²) in [6.45, 7) is 1.93. The summed E-state index contributed by atoms with van der Waals surface area (Å²) in [6.07, 6.45) is 0.991. The number of carbonyl (C=O) groups excluding carboxylic acids is 1. The van der Waals surface area contributed by atoms with Gasteiger partial charge in [0.05, 0.1) is 30.8 Å². The van der Waals surface area contributed by atoms with Crippen LogP contribution in [0.5, 0.6) is 23.0 Å². The normalized spacial score (nSPS) is 14.8. The minimum Gasteiger partial charge on any atom is -0.496 e. The molecule has 0 spiro atoms. The summed E-state index contributed by atoms with van der Waals surface area (Å²) in [7, 11) is 3.27. The summed E-state index contributed by atoms with van der Waals surface area (Å²) >= 11 is 0. The molecule has 3 aromatic rings. The molecule has 0 aromatic heterocycles. The van der Waals surface area contributed by atoms with E-state index in [1.165, 1.54) is 0 Å². The molecule has 0 amide bonds. The van der Waals surface area contributed by atoms with Gasteiger partial charge in [0.2, 0.25) is 0 Å². The highest BCUT2D eigenvalue weighted by molar-refractivity contribution is 5.75. The first-order valence-electron chi connectivity index (χ1n) is 9.22. The lowest BCUT2D eigenvalue weighted by Crippen LogP contribution is -2.40. The zero-order valence-corrected chi connectivity index (χ0v) is 16.1. The van der Waals surface area contributed by atoms with Crippen LogP contribution in [0.2, 0.25) is 0 Å². The molecule has 4 rings (SSSR count). The van der Waals surface area contributed by atoms with Crippen molar-refractivity contribution in [1.29, 1.82) is 0 Å². The number of hydrogen-bond acceptors (Lipinski definition) is 4. The molecule has 1 unspecified atom stereocenters. The van der Waals surface area contributed by atoms with Crippen molar-refractivity contribution in [1.82, 2.24) is 0 Å². The number of hydrogen-bond donors (Lipinski definition) is 0. The van der Waals surface area contributed by atoms with Crippen molar-refractivity contribution >= 4 is 6.29 Å². The van der Waals surface area contributed by atoms with Gasteiger partial charge in [-0.25, -0.2) is 0 Å². The highest BCUT2D eigenvalue weighted by atomic mass is 16.5. The van der Waals surface area contributed by atoms with Gasteiger partial charge in [0.25, 0.3) is 0 Å². The molecule has 0 radical (unpaired) electrons. The van der Waals surface area contributed by atoms with Crippen LogP contribution in [0.1, 0.15) is 23.6 Å². The van der Waals surface area contributed by atoms with Gasteiger partial charge in [-0.3, -0.25) is 0 Å². The monoisotopic (exact) mass is 374 g/mol. The van der Waals surface area contributed by atoms with Gasteiger partial charge in [-0.1, -0.05) is 49.4 Å². The predicted octanol–water partition coefficient (Wildman–Crippen LogP) is 4.98. The second kappa shape index (κ2) is 7.04. The van der Waals surface area contributed by atoms with E-state index in [0.29, 0.717) is 23.0 Å². The molecule has 1 atom stereocenters. The lowest BCUT2D eigenvalue weighted by atomic mass is 9.61. The molecule has 0 bridgehead atoms. The van der Waals surface area contributed by atoms with Crippen molar-refractivity contribution < 1.29 is 19.0 Å². The summed E-state index contributed by atoms with van der Waals surface area (Å²) in [5.74, 6) is 2.30. The molecule has 0 N–H and O–H groups in total. The molecule has 3 aromatic carbocycles. The molecular weight excluding hydrogens is 352 g/mol. The fourth-order valence-corrected chi connectivity index (χ4v) is 4.36. The van der Waals surface area contributed by atoms with Crippen LogP contribution in [-0.4, -0.2) is 20.5 Å². The van der Waals surface area contributed by atoms with Gasteiger partial charge in [-0.05, 0) is 29.8 Å². The third kappa shape index (κ3) is 2.41. The van der Waals surface area contributed by atoms with Gasteiger partial charge in [0, 0.05) is 5.92 Å². The molecule has 142 valence electrons. The van der Waals surface area contributed by atoms with Crippen LogP contribution in [0.25, 0.3) is 0 Å². The van der Waals surface area contributed by atoms with E-state index in [1.807, 2.05) is 73.7 Å². The molecule has 0 saturated carbocycles. The minimum atomic E-state index is -0.814. The summed E-state index contributed by atoms with van der Waals surface area (Å²) in [5, 5.41) is 0. The van der Waals surface area contributed by atoms with Gasteiger partial charge in [0.15, 0.2) is 0 Å². The average molecular weight is 374 g/mol. The van der Waals surface area contributed by atoms with Crippen LogP contribution in [0.3, 0.4) is 0 Å². The van der Waals surface area contributed by atoms with Crippen molar-refractivity contribution in [2.24, 2.45) is 5.92 Å². The van der Waals surface area contributed by atoms with Gasteiger partial charge in [-0.15, -0.1) is 0 Å². The molecule has 0 aliphatic carbocycles. The lowest BCUT2D eigenvalue weighted by molar-refractivity contribution is -0.111. The Kier molecular flexibility index (Phi) is 4.55. The van der Waals surface area contributed by atoms with E-state index in [1.54, 1.807) is 14.2 Å². The first kappa shape index (κ1) is 18.1. The van der Waals surface area contributed by atoms with Crippen molar-refractivity contribution in [3.63, 3.8) is 0 Å². The SMILES string of the molecule is COc1cccc2c1C(c1ccccc1)(C(C)C=O)c1c(OC)cccc1O2. The first-order valence-corrected chi connectivity index (χ1v) is 9.22. The van der Waals surface area contributed by atoms with Gasteiger partial charge in [-0.2, -0.15) is 0 Å². The van der Waals surface area contributed by atoms with E-state index in [0.717, 1.165) is 23.0 Å². The van der Waals surface area contributed by atoms with Crippen molar-refractivity contribution in [3.05, 3.63) is 83.4 Å². The Morgan fingerprint density at radius 2 is 1.36 bits per heavy atom. The Morgan fingerprint density at radius 1 is 0.821 bits per heavy atom. The molecule has 4 nitrogen and oxygen atoms in total. The molecule has 1 heterocycles. The van der Waals surface area contributed by atoms with E-state index >= 15 is 0 Å². The van der Waals surface area contributed by atoms with Crippen LogP contribution in [-0.2, 0) is 10.2 Å². The maximum atomic E-state index is 12.3. The third-order valence-corrected chi connectivity index (χ3v) is 5.54. The molecule has 1 aliphatic rings. The quantitative estimate of drug-likeness (QED) is 0.591. The van der Waals surface area contributed by atoms with Crippen LogP contribution in [0.15, 0.2) is 66.7 Å². The van der Waals surface area contributed by atoms with Crippen LogP contribution in [0.4, 0.5) is 0 Å². The molecule has 28 heavy (non-hydrogen) atoms. The van der Waals surface area contributed by atoms with Crippen molar-refractivity contribution in [2.45, 2.75) is 12.3 Å². The fraction of sp³-hybridized carbons (Fsp3) is 0.208. The number of ether oxygens (including phenoxy) is 3. The van der Waals surface area contributed by atoms with E-state index in [-0.39, 0.29) is 0 Å². The van der Waals surface area contributed by atoms with Crippen LogP contribution in [0, 0.1) is 5.92 Å². The Labute approximate surface area is 164 Å². The Hall–Kier alpha value is -3.27. The topological polar surface area (TPSA) is 44.8 Å². The smallest absolute Gasteiger partial charge is 0.135 e. The second-order valence-corrected chi connectivity index (χ2v) is 6.87. The first-order chi connectivity index (χ1) is 13.7. The van der Waals surface area contributed by atoms with E-state index in [9.17, 15) is 4.79 Å². The van der Waals surface area contributed by atoms with Crippen molar-refractivity contribution in [2.75, 3.05) is 14.2 Å².